The lowest BCUT2D eigenvalue weighted by molar-refractivity contribution is 0.0847. The summed E-state index contributed by atoms with van der Waals surface area (Å²) in [6, 6.07) is 4.77. The lowest BCUT2D eigenvalue weighted by Gasteiger charge is -2.17. The molecule has 0 bridgehead atoms. The molecule has 2 amide bonds. The van der Waals surface area contributed by atoms with Crippen LogP contribution in [-0.4, -0.2) is 46.4 Å². The molecule has 2 aromatic heterocycles. The normalized spacial score (nSPS) is 10.7. The SMILES string of the molecule is CCOc1cc(C(=O)NNC(=O)c2cc(C)nc3c2c(C)nn3C)cc(OCC)c1OCC. The fourth-order valence-electron chi connectivity index (χ4n) is 3.52. The molecule has 2 N–H and O–H groups in total. The molecule has 176 valence electrons. The topological polar surface area (TPSA) is 117 Å². The van der Waals surface area contributed by atoms with E-state index >= 15 is 0 Å². The predicted octanol–water partition coefficient (Wildman–Crippen LogP) is 2.86. The van der Waals surface area contributed by atoms with Crippen molar-refractivity contribution < 1.29 is 23.8 Å². The molecule has 2 heterocycles. The molecule has 0 aliphatic rings. The first-order valence-corrected chi connectivity index (χ1v) is 10.8. The first kappa shape index (κ1) is 23.8. The van der Waals surface area contributed by atoms with E-state index in [-0.39, 0.29) is 5.56 Å². The van der Waals surface area contributed by atoms with Crippen molar-refractivity contribution in [3.05, 3.63) is 40.7 Å². The van der Waals surface area contributed by atoms with E-state index in [1.165, 1.54) is 0 Å². The molecule has 0 aliphatic carbocycles. The summed E-state index contributed by atoms with van der Waals surface area (Å²) in [6.07, 6.45) is 0. The number of rotatable bonds is 8. The summed E-state index contributed by atoms with van der Waals surface area (Å²) in [7, 11) is 1.77. The summed E-state index contributed by atoms with van der Waals surface area (Å²) in [4.78, 5) is 30.2. The number of carbonyl (C=O) groups excluding carboxylic acids is 2. The van der Waals surface area contributed by atoms with Crippen LogP contribution in [0, 0.1) is 13.8 Å². The van der Waals surface area contributed by atoms with Crippen molar-refractivity contribution in [2.24, 2.45) is 7.05 Å². The molecule has 0 radical (unpaired) electrons. The fraction of sp³-hybridized carbons (Fsp3) is 0.391. The van der Waals surface area contributed by atoms with Crippen LogP contribution < -0.4 is 25.1 Å². The number of carbonyl (C=O) groups is 2. The maximum atomic E-state index is 12.9. The lowest BCUT2D eigenvalue weighted by Crippen LogP contribution is -2.41. The lowest BCUT2D eigenvalue weighted by atomic mass is 10.1. The molecule has 0 spiro atoms. The average Bonchev–Trinajstić information content (AvgIpc) is 3.06. The highest BCUT2D eigenvalue weighted by Crippen LogP contribution is 2.39. The number of hydrogen-bond donors (Lipinski definition) is 2. The van der Waals surface area contributed by atoms with Gasteiger partial charge in [-0.3, -0.25) is 25.1 Å². The second kappa shape index (κ2) is 10.2. The second-order valence-corrected chi connectivity index (χ2v) is 7.23. The molecule has 0 fully saturated rings. The van der Waals surface area contributed by atoms with Gasteiger partial charge in [-0.05, 0) is 52.8 Å². The number of nitrogens with one attached hydrogen (secondary N) is 2. The average molecular weight is 456 g/mol. The summed E-state index contributed by atoms with van der Waals surface area (Å²) in [5, 5.41) is 4.97. The van der Waals surface area contributed by atoms with E-state index in [0.29, 0.717) is 65.1 Å². The van der Waals surface area contributed by atoms with Crippen LogP contribution in [0.25, 0.3) is 11.0 Å². The number of benzene rings is 1. The van der Waals surface area contributed by atoms with Crippen LogP contribution in [0.2, 0.25) is 0 Å². The van der Waals surface area contributed by atoms with E-state index in [4.69, 9.17) is 14.2 Å². The van der Waals surface area contributed by atoms with Crippen molar-refractivity contribution in [3.63, 3.8) is 0 Å². The van der Waals surface area contributed by atoms with Crippen LogP contribution in [0.4, 0.5) is 0 Å². The molecule has 0 aliphatic heterocycles. The standard InChI is InChI=1S/C23H29N5O5/c1-7-31-17-11-15(12-18(32-8-2)20(17)33-9-3)22(29)25-26-23(30)16-10-13(4)24-21-19(16)14(5)27-28(21)6/h10-12H,7-9H2,1-6H3,(H,25,29)(H,26,30). The van der Waals surface area contributed by atoms with Gasteiger partial charge in [0.05, 0.1) is 36.5 Å². The Hall–Kier alpha value is -3.82. The van der Waals surface area contributed by atoms with Crippen LogP contribution in [0.1, 0.15) is 52.9 Å². The second-order valence-electron chi connectivity index (χ2n) is 7.23. The molecule has 10 nitrogen and oxygen atoms in total. The van der Waals surface area contributed by atoms with Crippen LogP contribution in [0.5, 0.6) is 17.2 Å². The van der Waals surface area contributed by atoms with E-state index in [1.54, 1.807) is 43.8 Å². The number of aryl methyl sites for hydroxylation is 3. The number of fused-ring (bicyclic) bond motifs is 1. The van der Waals surface area contributed by atoms with Gasteiger partial charge >= 0.3 is 0 Å². The summed E-state index contributed by atoms with van der Waals surface area (Å²) >= 11 is 0. The number of nitrogens with zero attached hydrogens (tertiary/aromatic N) is 3. The van der Waals surface area contributed by atoms with Crippen molar-refractivity contribution in [2.45, 2.75) is 34.6 Å². The minimum absolute atomic E-state index is 0.249. The van der Waals surface area contributed by atoms with E-state index in [9.17, 15) is 9.59 Å². The van der Waals surface area contributed by atoms with Gasteiger partial charge in [0.2, 0.25) is 5.75 Å². The number of pyridine rings is 1. The molecule has 33 heavy (non-hydrogen) atoms. The van der Waals surface area contributed by atoms with Crippen LogP contribution >= 0.6 is 0 Å². The minimum atomic E-state index is -0.529. The number of amides is 2. The van der Waals surface area contributed by atoms with Gasteiger partial charge in [0, 0.05) is 18.3 Å². The predicted molar refractivity (Wildman–Crippen MR) is 123 cm³/mol. The van der Waals surface area contributed by atoms with Crippen LogP contribution in [-0.2, 0) is 7.05 Å². The number of ether oxygens (including phenoxy) is 3. The van der Waals surface area contributed by atoms with Crippen molar-refractivity contribution >= 4 is 22.8 Å². The van der Waals surface area contributed by atoms with Gasteiger partial charge in [-0.15, -0.1) is 0 Å². The molecule has 10 heteroatoms. The number of hydrazine groups is 1. The fourth-order valence-corrected chi connectivity index (χ4v) is 3.52. The highest BCUT2D eigenvalue weighted by molar-refractivity contribution is 6.07. The van der Waals surface area contributed by atoms with Crippen molar-refractivity contribution in [1.29, 1.82) is 0 Å². The zero-order valence-corrected chi connectivity index (χ0v) is 19.7. The first-order valence-electron chi connectivity index (χ1n) is 10.8. The monoisotopic (exact) mass is 455 g/mol. The third kappa shape index (κ3) is 5.00. The third-order valence-corrected chi connectivity index (χ3v) is 4.80. The Bertz CT molecular complexity index is 1160. The quantitative estimate of drug-likeness (QED) is 0.502. The van der Waals surface area contributed by atoms with E-state index in [2.05, 4.69) is 20.9 Å². The van der Waals surface area contributed by atoms with Gasteiger partial charge in [0.25, 0.3) is 11.8 Å². The Morgan fingerprint density at radius 3 is 2.06 bits per heavy atom. The molecule has 0 saturated heterocycles. The summed E-state index contributed by atoms with van der Waals surface area (Å²) in [5.74, 6) is 0.205. The molecular weight excluding hydrogens is 426 g/mol. The minimum Gasteiger partial charge on any atom is -0.490 e. The first-order chi connectivity index (χ1) is 15.8. The maximum Gasteiger partial charge on any atom is 0.270 e. The molecule has 0 saturated carbocycles. The Morgan fingerprint density at radius 2 is 1.48 bits per heavy atom. The van der Waals surface area contributed by atoms with Gasteiger partial charge in [-0.2, -0.15) is 5.10 Å². The molecule has 0 unspecified atom stereocenters. The summed E-state index contributed by atoms with van der Waals surface area (Å²) in [6.45, 7) is 10.3. The summed E-state index contributed by atoms with van der Waals surface area (Å²) < 4.78 is 18.6. The number of aromatic nitrogens is 3. The van der Waals surface area contributed by atoms with Gasteiger partial charge < -0.3 is 14.2 Å². The highest BCUT2D eigenvalue weighted by Gasteiger charge is 2.21. The third-order valence-electron chi connectivity index (χ3n) is 4.80. The Balaban J connectivity index is 1.86. The molecule has 1 aromatic carbocycles. The largest absolute Gasteiger partial charge is 0.490 e. The zero-order chi connectivity index (χ0) is 24.1. The van der Waals surface area contributed by atoms with E-state index in [1.807, 2.05) is 20.8 Å². The molecule has 0 atom stereocenters. The van der Waals surface area contributed by atoms with Gasteiger partial charge in [0.15, 0.2) is 17.1 Å². The Labute approximate surface area is 192 Å². The maximum absolute atomic E-state index is 12.9. The van der Waals surface area contributed by atoms with Crippen molar-refractivity contribution in [1.82, 2.24) is 25.6 Å². The zero-order valence-electron chi connectivity index (χ0n) is 19.7. The van der Waals surface area contributed by atoms with E-state index in [0.717, 1.165) is 0 Å². The Morgan fingerprint density at radius 1 is 0.909 bits per heavy atom. The van der Waals surface area contributed by atoms with Gasteiger partial charge in [0.1, 0.15) is 0 Å². The Kier molecular flexibility index (Phi) is 7.37. The van der Waals surface area contributed by atoms with Gasteiger partial charge in [-0.1, -0.05) is 0 Å². The highest BCUT2D eigenvalue weighted by atomic mass is 16.5. The van der Waals surface area contributed by atoms with Crippen molar-refractivity contribution in [2.75, 3.05) is 19.8 Å². The molecule has 3 aromatic rings. The summed E-state index contributed by atoms with van der Waals surface area (Å²) in [5.41, 5.74) is 7.49. The molecular formula is C23H29N5O5. The molecule has 3 rings (SSSR count). The van der Waals surface area contributed by atoms with Gasteiger partial charge in [-0.25, -0.2) is 4.98 Å². The van der Waals surface area contributed by atoms with E-state index < -0.39 is 11.8 Å². The number of hydrogen-bond acceptors (Lipinski definition) is 7. The van der Waals surface area contributed by atoms with Crippen LogP contribution in [0.15, 0.2) is 18.2 Å². The van der Waals surface area contributed by atoms with Crippen molar-refractivity contribution in [3.8, 4) is 17.2 Å². The smallest absolute Gasteiger partial charge is 0.270 e. The van der Waals surface area contributed by atoms with Crippen LogP contribution in [0.3, 0.4) is 0 Å².